The molecule has 13 heavy (non-hydrogen) atoms. The van der Waals surface area contributed by atoms with Crippen molar-refractivity contribution >= 4 is 21.9 Å². The molecule has 1 N–H and O–H groups in total. The number of hydrogen-bond donors (Lipinski definition) is 1. The van der Waals surface area contributed by atoms with Crippen LogP contribution in [0, 0.1) is 13.8 Å². The minimum Gasteiger partial charge on any atom is -0.350 e. The van der Waals surface area contributed by atoms with Gasteiger partial charge in [0.15, 0.2) is 0 Å². The lowest BCUT2D eigenvalue weighted by Crippen LogP contribution is -2.06. The molecule has 0 atom stereocenters. The van der Waals surface area contributed by atoms with E-state index >= 15 is 0 Å². The molecule has 0 saturated carbocycles. The van der Waals surface area contributed by atoms with Crippen LogP contribution in [0.25, 0.3) is 0 Å². The average Bonchev–Trinajstić information content (AvgIpc) is 1.99. The summed E-state index contributed by atoms with van der Waals surface area (Å²) in [7, 11) is 0. The molecule has 1 heterocycles. The average molecular weight is 242 g/mol. The second-order valence-electron chi connectivity index (χ2n) is 2.85. The molecule has 0 aromatic carbocycles. The number of aryl methyl sites for hydroxylation is 2. The summed E-state index contributed by atoms with van der Waals surface area (Å²) < 4.78 is 0.884. The van der Waals surface area contributed by atoms with Crippen LogP contribution < -0.4 is 5.32 Å². The van der Waals surface area contributed by atoms with Crippen molar-refractivity contribution in [3.8, 4) is 0 Å². The van der Waals surface area contributed by atoms with Crippen LogP contribution in [0.5, 0.6) is 0 Å². The molecule has 0 amide bonds. The molecular weight excluding hydrogens is 230 g/mol. The fourth-order valence-electron chi connectivity index (χ4n) is 0.980. The van der Waals surface area contributed by atoms with Crippen molar-refractivity contribution in [3.05, 3.63) is 28.5 Å². The minimum atomic E-state index is 0.642. The molecule has 1 aromatic heterocycles. The van der Waals surface area contributed by atoms with E-state index < -0.39 is 0 Å². The van der Waals surface area contributed by atoms with Crippen LogP contribution in [0.4, 0.5) is 5.95 Å². The van der Waals surface area contributed by atoms with E-state index in [0.29, 0.717) is 12.5 Å². The van der Waals surface area contributed by atoms with Crippen LogP contribution in [0.2, 0.25) is 0 Å². The summed E-state index contributed by atoms with van der Waals surface area (Å²) in [5.41, 5.74) is 1.94. The van der Waals surface area contributed by atoms with Gasteiger partial charge in [-0.25, -0.2) is 9.97 Å². The second kappa shape index (κ2) is 4.37. The fraction of sp³-hybridized carbons (Fsp3) is 0.333. The third-order valence-corrected chi connectivity index (χ3v) is 1.70. The van der Waals surface area contributed by atoms with Crippen LogP contribution in [0.3, 0.4) is 0 Å². The highest BCUT2D eigenvalue weighted by atomic mass is 79.9. The monoisotopic (exact) mass is 241 g/mol. The van der Waals surface area contributed by atoms with Gasteiger partial charge in [0, 0.05) is 22.4 Å². The molecule has 0 radical (unpaired) electrons. The van der Waals surface area contributed by atoms with Gasteiger partial charge in [0.25, 0.3) is 0 Å². The van der Waals surface area contributed by atoms with E-state index in [1.165, 1.54) is 0 Å². The third-order valence-electron chi connectivity index (χ3n) is 1.42. The van der Waals surface area contributed by atoms with Crippen LogP contribution >= 0.6 is 15.9 Å². The second-order valence-corrected chi connectivity index (χ2v) is 3.97. The summed E-state index contributed by atoms with van der Waals surface area (Å²) in [5.74, 6) is 0.651. The third kappa shape index (κ3) is 3.55. The Bertz CT molecular complexity index is 302. The molecule has 70 valence electrons. The summed E-state index contributed by atoms with van der Waals surface area (Å²) in [5, 5.41) is 3.06. The van der Waals surface area contributed by atoms with Crippen LogP contribution in [-0.2, 0) is 0 Å². The number of nitrogens with zero attached hydrogens (tertiary/aromatic N) is 2. The van der Waals surface area contributed by atoms with E-state index in [-0.39, 0.29) is 0 Å². The number of rotatable bonds is 3. The quantitative estimate of drug-likeness (QED) is 0.884. The zero-order chi connectivity index (χ0) is 9.84. The molecule has 0 aliphatic rings. The molecule has 0 aliphatic heterocycles. The van der Waals surface area contributed by atoms with Gasteiger partial charge >= 0.3 is 0 Å². The van der Waals surface area contributed by atoms with E-state index in [2.05, 4.69) is 37.8 Å². The van der Waals surface area contributed by atoms with Crippen molar-refractivity contribution in [1.82, 2.24) is 9.97 Å². The Balaban J connectivity index is 2.71. The number of aromatic nitrogens is 2. The van der Waals surface area contributed by atoms with Gasteiger partial charge in [0.1, 0.15) is 0 Å². The van der Waals surface area contributed by atoms with Crippen LogP contribution in [-0.4, -0.2) is 16.5 Å². The lowest BCUT2D eigenvalue weighted by Gasteiger charge is -2.04. The lowest BCUT2D eigenvalue weighted by molar-refractivity contribution is 1.04. The molecule has 1 rings (SSSR count). The van der Waals surface area contributed by atoms with Crippen molar-refractivity contribution in [1.29, 1.82) is 0 Å². The Morgan fingerprint density at radius 1 is 1.46 bits per heavy atom. The van der Waals surface area contributed by atoms with Gasteiger partial charge in [0.05, 0.1) is 0 Å². The van der Waals surface area contributed by atoms with Gasteiger partial charge < -0.3 is 5.32 Å². The molecule has 0 aliphatic carbocycles. The number of anilines is 1. The minimum absolute atomic E-state index is 0.642. The zero-order valence-corrected chi connectivity index (χ0v) is 9.35. The van der Waals surface area contributed by atoms with E-state index in [0.717, 1.165) is 15.9 Å². The van der Waals surface area contributed by atoms with Crippen molar-refractivity contribution < 1.29 is 0 Å². The normalized spacial score (nSPS) is 9.77. The highest BCUT2D eigenvalue weighted by molar-refractivity contribution is 9.11. The van der Waals surface area contributed by atoms with Gasteiger partial charge in [-0.1, -0.05) is 22.5 Å². The number of nitrogens with one attached hydrogen (secondary N) is 1. The molecule has 4 heteroatoms. The van der Waals surface area contributed by atoms with E-state index in [4.69, 9.17) is 0 Å². The fourth-order valence-corrected chi connectivity index (χ4v) is 1.12. The van der Waals surface area contributed by atoms with E-state index in [9.17, 15) is 0 Å². The summed E-state index contributed by atoms with van der Waals surface area (Å²) in [6.45, 7) is 8.25. The Kier molecular flexibility index (Phi) is 3.42. The predicted octanol–water partition coefficient (Wildman–Crippen LogP) is 2.41. The van der Waals surface area contributed by atoms with Crippen molar-refractivity contribution in [3.63, 3.8) is 0 Å². The Morgan fingerprint density at radius 2 is 2.00 bits per heavy atom. The van der Waals surface area contributed by atoms with Crippen LogP contribution in [0.15, 0.2) is 17.1 Å². The first-order valence-electron chi connectivity index (χ1n) is 3.97. The SMILES string of the molecule is C=C(Br)CNc1nc(C)cc(C)n1. The highest BCUT2D eigenvalue weighted by Crippen LogP contribution is 2.06. The van der Waals surface area contributed by atoms with E-state index in [1.54, 1.807) is 0 Å². The molecule has 0 fully saturated rings. The largest absolute Gasteiger partial charge is 0.350 e. The smallest absolute Gasteiger partial charge is 0.223 e. The Morgan fingerprint density at radius 3 is 2.46 bits per heavy atom. The predicted molar refractivity (Wildman–Crippen MR) is 58.1 cm³/mol. The topological polar surface area (TPSA) is 37.8 Å². The van der Waals surface area contributed by atoms with Gasteiger partial charge in [-0.05, 0) is 19.9 Å². The molecular formula is C9H12BrN3. The van der Waals surface area contributed by atoms with Crippen molar-refractivity contribution in [2.75, 3.05) is 11.9 Å². The first-order valence-corrected chi connectivity index (χ1v) is 4.76. The molecule has 1 aromatic rings. The summed E-state index contributed by atoms with van der Waals surface area (Å²) in [6, 6.07) is 1.94. The standard InChI is InChI=1S/C9H12BrN3/c1-6(10)5-11-9-12-7(2)4-8(3)13-9/h4H,1,5H2,2-3H3,(H,11,12,13). The number of hydrogen-bond acceptors (Lipinski definition) is 3. The number of halogens is 1. The van der Waals surface area contributed by atoms with Gasteiger partial charge in [-0.3, -0.25) is 0 Å². The molecule has 0 spiro atoms. The van der Waals surface area contributed by atoms with Crippen molar-refractivity contribution in [2.24, 2.45) is 0 Å². The zero-order valence-electron chi connectivity index (χ0n) is 7.76. The molecule has 3 nitrogen and oxygen atoms in total. The maximum absolute atomic E-state index is 4.22. The van der Waals surface area contributed by atoms with Gasteiger partial charge in [-0.2, -0.15) is 0 Å². The Hall–Kier alpha value is -0.900. The van der Waals surface area contributed by atoms with Gasteiger partial charge in [-0.15, -0.1) is 0 Å². The lowest BCUT2D eigenvalue weighted by atomic mass is 10.4. The van der Waals surface area contributed by atoms with Gasteiger partial charge in [0.2, 0.25) is 5.95 Å². The summed E-state index contributed by atoms with van der Waals surface area (Å²) >= 11 is 3.26. The Labute approximate surface area is 86.4 Å². The van der Waals surface area contributed by atoms with Crippen LogP contribution in [0.1, 0.15) is 11.4 Å². The maximum Gasteiger partial charge on any atom is 0.223 e. The van der Waals surface area contributed by atoms with Crippen molar-refractivity contribution in [2.45, 2.75) is 13.8 Å². The highest BCUT2D eigenvalue weighted by Gasteiger charge is 1.97. The first-order chi connectivity index (χ1) is 6.08. The summed E-state index contributed by atoms with van der Waals surface area (Å²) in [4.78, 5) is 8.44. The van der Waals surface area contributed by atoms with E-state index in [1.807, 2.05) is 19.9 Å². The molecule has 0 saturated heterocycles. The molecule has 0 unspecified atom stereocenters. The maximum atomic E-state index is 4.22. The first kappa shape index (κ1) is 10.2. The summed E-state index contributed by atoms with van der Waals surface area (Å²) in [6.07, 6.45) is 0. The molecule has 0 bridgehead atoms.